The molecule has 0 radical (unpaired) electrons. The van der Waals surface area contributed by atoms with E-state index in [0.717, 1.165) is 5.56 Å². The van der Waals surface area contributed by atoms with Gasteiger partial charge < -0.3 is 10.0 Å². The number of benzene rings is 3. The molecule has 2 N–H and O–H groups in total. The van der Waals surface area contributed by atoms with Crippen LogP contribution in [-0.4, -0.2) is 21.3 Å². The molecule has 1 unspecified atom stereocenters. The summed E-state index contributed by atoms with van der Waals surface area (Å²) in [5.74, 6) is -0.578. The first kappa shape index (κ1) is 17.6. The zero-order valence-corrected chi connectivity index (χ0v) is 14.9. The molecular weight excluding hydrogens is 354 g/mol. The van der Waals surface area contributed by atoms with Crippen LogP contribution in [0, 0.1) is 11.3 Å². The Labute approximate surface area is 162 Å². The number of hydroxylamine groups is 2. The van der Waals surface area contributed by atoms with Gasteiger partial charge in [-0.1, -0.05) is 48.5 Å². The maximum absolute atomic E-state index is 12.7. The van der Waals surface area contributed by atoms with Crippen molar-refractivity contribution in [2.24, 2.45) is 0 Å². The summed E-state index contributed by atoms with van der Waals surface area (Å²) in [5.41, 5.74) is 2.63. The maximum Gasteiger partial charge on any atom is 0.281 e. The average Bonchev–Trinajstić information content (AvgIpc) is 2.73. The highest BCUT2D eigenvalue weighted by Crippen LogP contribution is 2.41. The van der Waals surface area contributed by atoms with Crippen molar-refractivity contribution in [2.75, 3.05) is 4.90 Å². The lowest BCUT2D eigenvalue weighted by atomic mass is 10.00. The van der Waals surface area contributed by atoms with Gasteiger partial charge in [0.2, 0.25) is 0 Å². The van der Waals surface area contributed by atoms with Gasteiger partial charge in [-0.2, -0.15) is 10.3 Å². The number of rotatable bonds is 3. The van der Waals surface area contributed by atoms with Gasteiger partial charge in [0.15, 0.2) is 6.17 Å². The highest BCUT2D eigenvalue weighted by Gasteiger charge is 2.39. The minimum atomic E-state index is -0.935. The fraction of sp³-hybridized carbons (Fsp3) is 0.0909. The summed E-state index contributed by atoms with van der Waals surface area (Å²) in [6.45, 7) is 0.268. The van der Waals surface area contributed by atoms with Crippen LogP contribution in [0.25, 0.3) is 0 Å². The Kier molecular flexibility index (Phi) is 4.44. The van der Waals surface area contributed by atoms with Gasteiger partial charge in [0.1, 0.15) is 5.75 Å². The standard InChI is InChI=1S/C22H17N3O3/c23-13-15-7-1-2-8-16(15)14-24-19-11-5-3-9-17(19)22(27)25(28)21(24)18-10-4-6-12-20(18)26/h1-12,21,26,28H,14H2. The number of carbonyl (C=O) groups excluding carboxylic acids is 1. The Hall–Kier alpha value is -3.82. The Balaban J connectivity index is 1.89. The summed E-state index contributed by atoms with van der Waals surface area (Å²) in [6, 6.07) is 22.9. The van der Waals surface area contributed by atoms with E-state index in [-0.39, 0.29) is 12.3 Å². The SMILES string of the molecule is N#Cc1ccccc1CN1c2ccccc2C(=O)N(O)C1c1ccccc1O. The summed E-state index contributed by atoms with van der Waals surface area (Å²) < 4.78 is 0. The Morgan fingerprint density at radius 1 is 0.964 bits per heavy atom. The molecule has 1 heterocycles. The van der Waals surface area contributed by atoms with Crippen molar-refractivity contribution in [3.63, 3.8) is 0 Å². The van der Waals surface area contributed by atoms with Gasteiger partial charge in [-0.3, -0.25) is 10.0 Å². The van der Waals surface area contributed by atoms with Crippen LogP contribution in [0.15, 0.2) is 72.8 Å². The summed E-state index contributed by atoms with van der Waals surface area (Å²) in [5, 5.41) is 31.1. The van der Waals surface area contributed by atoms with Crippen molar-refractivity contribution in [3.05, 3.63) is 95.1 Å². The van der Waals surface area contributed by atoms with Crippen LogP contribution in [0.4, 0.5) is 5.69 Å². The van der Waals surface area contributed by atoms with Crippen LogP contribution < -0.4 is 4.90 Å². The van der Waals surface area contributed by atoms with Crippen molar-refractivity contribution < 1.29 is 15.1 Å². The predicted molar refractivity (Wildman–Crippen MR) is 103 cm³/mol. The van der Waals surface area contributed by atoms with Crippen molar-refractivity contribution in [2.45, 2.75) is 12.7 Å². The quantitative estimate of drug-likeness (QED) is 0.684. The number of nitrogens with zero attached hydrogens (tertiary/aromatic N) is 3. The van der Waals surface area contributed by atoms with Gasteiger partial charge in [0, 0.05) is 12.1 Å². The van der Waals surface area contributed by atoms with Crippen molar-refractivity contribution in [1.29, 1.82) is 5.26 Å². The van der Waals surface area contributed by atoms with Crippen molar-refractivity contribution in [1.82, 2.24) is 5.06 Å². The van der Waals surface area contributed by atoms with Crippen molar-refractivity contribution >= 4 is 11.6 Å². The second-order valence-electron chi connectivity index (χ2n) is 6.50. The van der Waals surface area contributed by atoms with Crippen LogP contribution in [0.3, 0.4) is 0 Å². The predicted octanol–water partition coefficient (Wildman–Crippen LogP) is 3.81. The first-order valence-corrected chi connectivity index (χ1v) is 8.76. The summed E-state index contributed by atoms with van der Waals surface area (Å²) >= 11 is 0. The molecule has 0 fully saturated rings. The number of para-hydroxylation sites is 2. The molecule has 4 rings (SSSR count). The first-order chi connectivity index (χ1) is 13.6. The van der Waals surface area contributed by atoms with E-state index in [9.17, 15) is 20.4 Å². The number of hydrogen-bond acceptors (Lipinski definition) is 5. The second kappa shape index (κ2) is 7.06. The molecule has 0 saturated carbocycles. The molecule has 1 aliphatic rings. The molecule has 0 saturated heterocycles. The monoisotopic (exact) mass is 371 g/mol. The molecular formula is C22H17N3O3. The Bertz CT molecular complexity index is 1090. The third kappa shape index (κ3) is 2.84. The number of anilines is 1. The normalized spacial score (nSPS) is 15.9. The number of nitriles is 1. The molecule has 0 bridgehead atoms. The van der Waals surface area contributed by atoms with Gasteiger partial charge in [-0.25, -0.2) is 0 Å². The van der Waals surface area contributed by atoms with Gasteiger partial charge in [-0.15, -0.1) is 0 Å². The topological polar surface area (TPSA) is 87.8 Å². The molecule has 1 amide bonds. The largest absolute Gasteiger partial charge is 0.508 e. The number of phenolic OH excluding ortho intramolecular Hbond substituents is 1. The molecule has 6 heteroatoms. The lowest BCUT2D eigenvalue weighted by Gasteiger charge is -2.42. The molecule has 1 atom stereocenters. The van der Waals surface area contributed by atoms with Gasteiger partial charge in [0.05, 0.1) is 22.9 Å². The Morgan fingerprint density at radius 2 is 1.64 bits per heavy atom. The molecule has 28 heavy (non-hydrogen) atoms. The number of fused-ring (bicyclic) bond motifs is 1. The van der Waals surface area contributed by atoms with Gasteiger partial charge in [-0.05, 0) is 29.8 Å². The Morgan fingerprint density at radius 3 is 2.43 bits per heavy atom. The lowest BCUT2D eigenvalue weighted by molar-refractivity contribution is -0.0945. The van der Waals surface area contributed by atoms with Crippen LogP contribution in [0.5, 0.6) is 5.75 Å². The average molecular weight is 371 g/mol. The minimum Gasteiger partial charge on any atom is -0.508 e. The smallest absolute Gasteiger partial charge is 0.281 e. The van der Waals surface area contributed by atoms with E-state index in [1.54, 1.807) is 48.5 Å². The lowest BCUT2D eigenvalue weighted by Crippen LogP contribution is -2.47. The van der Waals surface area contributed by atoms with E-state index in [1.165, 1.54) is 6.07 Å². The zero-order chi connectivity index (χ0) is 19.7. The first-order valence-electron chi connectivity index (χ1n) is 8.76. The third-order valence-corrected chi connectivity index (χ3v) is 4.87. The van der Waals surface area contributed by atoms with Gasteiger partial charge in [0.25, 0.3) is 5.91 Å². The maximum atomic E-state index is 12.7. The number of hydrogen-bond donors (Lipinski definition) is 2. The van der Waals surface area contributed by atoms with Crippen LogP contribution in [0.1, 0.15) is 33.2 Å². The molecule has 1 aliphatic heterocycles. The van der Waals surface area contributed by atoms with E-state index >= 15 is 0 Å². The number of amides is 1. The molecule has 138 valence electrons. The molecule has 3 aromatic rings. The third-order valence-electron chi connectivity index (χ3n) is 4.87. The van der Waals surface area contributed by atoms with Crippen LogP contribution >= 0.6 is 0 Å². The van der Waals surface area contributed by atoms with E-state index in [4.69, 9.17) is 0 Å². The molecule has 0 aliphatic carbocycles. The highest BCUT2D eigenvalue weighted by atomic mass is 16.5. The molecule has 6 nitrogen and oxygen atoms in total. The van der Waals surface area contributed by atoms with E-state index in [0.29, 0.717) is 27.4 Å². The number of phenols is 1. The number of aromatic hydroxyl groups is 1. The highest BCUT2D eigenvalue weighted by molar-refractivity contribution is 6.01. The molecule has 0 aromatic heterocycles. The molecule has 0 spiro atoms. The van der Waals surface area contributed by atoms with E-state index in [2.05, 4.69) is 6.07 Å². The minimum absolute atomic E-state index is 0.0303. The van der Waals surface area contributed by atoms with E-state index < -0.39 is 12.1 Å². The zero-order valence-electron chi connectivity index (χ0n) is 14.9. The van der Waals surface area contributed by atoms with Crippen molar-refractivity contribution in [3.8, 4) is 11.8 Å². The number of carbonyl (C=O) groups is 1. The summed E-state index contributed by atoms with van der Waals surface area (Å²) in [7, 11) is 0. The second-order valence-corrected chi connectivity index (χ2v) is 6.50. The van der Waals surface area contributed by atoms with Crippen LogP contribution in [-0.2, 0) is 6.54 Å². The summed E-state index contributed by atoms with van der Waals surface area (Å²) in [4.78, 5) is 14.6. The van der Waals surface area contributed by atoms with Gasteiger partial charge >= 0.3 is 0 Å². The fourth-order valence-electron chi connectivity index (χ4n) is 3.53. The molecule has 3 aromatic carbocycles. The fourth-order valence-corrected chi connectivity index (χ4v) is 3.53. The summed E-state index contributed by atoms with van der Waals surface area (Å²) in [6.07, 6.45) is -0.935. The van der Waals surface area contributed by atoms with E-state index in [1.807, 2.05) is 23.1 Å². The van der Waals surface area contributed by atoms with Crippen LogP contribution in [0.2, 0.25) is 0 Å².